The Labute approximate surface area is 129 Å². The van der Waals surface area contributed by atoms with Crippen LogP contribution in [-0.2, 0) is 11.3 Å². The van der Waals surface area contributed by atoms with Gasteiger partial charge in [0.1, 0.15) is 11.5 Å². The van der Waals surface area contributed by atoms with Crippen LogP contribution >= 0.6 is 0 Å². The molecule has 0 unspecified atom stereocenters. The number of hydrogen-bond acceptors (Lipinski definition) is 4. The molecule has 0 aliphatic heterocycles. The molecule has 22 heavy (non-hydrogen) atoms. The van der Waals surface area contributed by atoms with E-state index in [1.807, 2.05) is 12.1 Å². The van der Waals surface area contributed by atoms with Crippen molar-refractivity contribution in [1.82, 2.24) is 0 Å². The van der Waals surface area contributed by atoms with Crippen LogP contribution in [0.15, 0.2) is 42.5 Å². The Morgan fingerprint density at radius 2 is 1.68 bits per heavy atom. The molecule has 0 atom stereocenters. The molecule has 0 heterocycles. The number of nitrogens with one attached hydrogen (secondary N) is 1. The average Bonchev–Trinajstić information content (AvgIpc) is 2.55. The highest BCUT2D eigenvalue weighted by atomic mass is 16.5. The summed E-state index contributed by atoms with van der Waals surface area (Å²) in [6.45, 7) is 0.466. The van der Waals surface area contributed by atoms with Crippen molar-refractivity contribution in [3.05, 3.63) is 53.6 Å². The summed E-state index contributed by atoms with van der Waals surface area (Å²) in [5, 5.41) is 2.84. The Bertz CT molecular complexity index is 633. The van der Waals surface area contributed by atoms with Crippen LogP contribution in [0.4, 0.5) is 5.69 Å². The summed E-state index contributed by atoms with van der Waals surface area (Å²) in [4.78, 5) is 12.3. The molecule has 1 amide bonds. The van der Waals surface area contributed by atoms with Crippen LogP contribution in [0, 0.1) is 0 Å². The maximum absolute atomic E-state index is 12.3. The minimum atomic E-state index is -0.201. The van der Waals surface area contributed by atoms with Gasteiger partial charge < -0.3 is 19.5 Å². The smallest absolute Gasteiger partial charge is 0.255 e. The molecule has 0 spiro atoms. The minimum absolute atomic E-state index is 0.201. The first-order valence-corrected chi connectivity index (χ1v) is 6.78. The van der Waals surface area contributed by atoms with Crippen LogP contribution in [0.1, 0.15) is 15.9 Å². The second kappa shape index (κ2) is 7.47. The summed E-state index contributed by atoms with van der Waals surface area (Å²) < 4.78 is 15.5. The van der Waals surface area contributed by atoms with E-state index in [4.69, 9.17) is 14.2 Å². The maximum Gasteiger partial charge on any atom is 0.255 e. The first kappa shape index (κ1) is 15.9. The Hall–Kier alpha value is -2.53. The van der Waals surface area contributed by atoms with E-state index in [0.717, 1.165) is 5.56 Å². The summed E-state index contributed by atoms with van der Waals surface area (Å²) in [6.07, 6.45) is 0. The lowest BCUT2D eigenvalue weighted by atomic mass is 10.1. The lowest BCUT2D eigenvalue weighted by molar-refractivity contribution is 0.102. The van der Waals surface area contributed by atoms with Crippen LogP contribution in [0.5, 0.6) is 11.5 Å². The molecule has 5 nitrogen and oxygen atoms in total. The zero-order valence-electron chi connectivity index (χ0n) is 12.9. The summed E-state index contributed by atoms with van der Waals surface area (Å²) in [5.74, 6) is 1.03. The lowest BCUT2D eigenvalue weighted by Crippen LogP contribution is -2.12. The molecule has 116 valence electrons. The molecule has 2 aromatic rings. The normalized spacial score (nSPS) is 10.1. The van der Waals surface area contributed by atoms with Gasteiger partial charge in [-0.15, -0.1) is 0 Å². The summed E-state index contributed by atoms with van der Waals surface area (Å²) in [6, 6.07) is 12.5. The predicted octanol–water partition coefficient (Wildman–Crippen LogP) is 3.10. The van der Waals surface area contributed by atoms with Crippen molar-refractivity contribution < 1.29 is 19.0 Å². The number of benzene rings is 2. The molecular formula is C17H19NO4. The second-order valence-corrected chi connectivity index (χ2v) is 4.69. The van der Waals surface area contributed by atoms with Gasteiger partial charge in [0, 0.05) is 36.6 Å². The monoisotopic (exact) mass is 301 g/mol. The Morgan fingerprint density at radius 1 is 1.00 bits per heavy atom. The fourth-order valence-corrected chi connectivity index (χ4v) is 2.05. The summed E-state index contributed by atoms with van der Waals surface area (Å²) in [7, 11) is 4.75. The predicted molar refractivity (Wildman–Crippen MR) is 84.7 cm³/mol. The van der Waals surface area contributed by atoms with Crippen molar-refractivity contribution in [3.63, 3.8) is 0 Å². The molecule has 0 radical (unpaired) electrons. The fourth-order valence-electron chi connectivity index (χ4n) is 2.05. The first-order valence-electron chi connectivity index (χ1n) is 6.78. The van der Waals surface area contributed by atoms with Crippen LogP contribution in [0.3, 0.4) is 0 Å². The van der Waals surface area contributed by atoms with Gasteiger partial charge in [0.25, 0.3) is 5.91 Å². The van der Waals surface area contributed by atoms with Crippen molar-refractivity contribution >= 4 is 11.6 Å². The van der Waals surface area contributed by atoms with Crippen molar-refractivity contribution in [2.75, 3.05) is 26.6 Å². The highest BCUT2D eigenvalue weighted by molar-refractivity contribution is 6.04. The largest absolute Gasteiger partial charge is 0.497 e. The van der Waals surface area contributed by atoms with E-state index in [9.17, 15) is 4.79 Å². The molecular weight excluding hydrogens is 282 g/mol. The quantitative estimate of drug-likeness (QED) is 0.890. The van der Waals surface area contributed by atoms with Crippen LogP contribution < -0.4 is 14.8 Å². The fraction of sp³-hybridized carbons (Fsp3) is 0.235. The minimum Gasteiger partial charge on any atom is -0.497 e. The van der Waals surface area contributed by atoms with Gasteiger partial charge in [0.15, 0.2) is 0 Å². The summed E-state index contributed by atoms with van der Waals surface area (Å²) in [5.41, 5.74) is 2.12. The molecule has 0 aliphatic carbocycles. The first-order chi connectivity index (χ1) is 10.7. The van der Waals surface area contributed by atoms with E-state index in [1.165, 1.54) is 0 Å². The molecule has 1 N–H and O–H groups in total. The highest BCUT2D eigenvalue weighted by Gasteiger charge is 2.09. The third-order valence-electron chi connectivity index (χ3n) is 3.11. The Kier molecular flexibility index (Phi) is 5.38. The number of amides is 1. The van der Waals surface area contributed by atoms with Crippen LogP contribution in [0.2, 0.25) is 0 Å². The van der Waals surface area contributed by atoms with Gasteiger partial charge >= 0.3 is 0 Å². The Morgan fingerprint density at radius 3 is 2.27 bits per heavy atom. The van der Waals surface area contributed by atoms with E-state index in [2.05, 4.69) is 5.32 Å². The van der Waals surface area contributed by atoms with E-state index < -0.39 is 0 Å². The van der Waals surface area contributed by atoms with Crippen molar-refractivity contribution in [1.29, 1.82) is 0 Å². The molecule has 2 rings (SSSR count). The molecule has 0 saturated heterocycles. The number of rotatable bonds is 6. The van der Waals surface area contributed by atoms with Gasteiger partial charge in [-0.05, 0) is 17.7 Å². The molecule has 2 aromatic carbocycles. The van der Waals surface area contributed by atoms with Gasteiger partial charge in [0.05, 0.1) is 20.8 Å². The number of carbonyl (C=O) groups excluding carboxylic acids is 1. The third kappa shape index (κ3) is 3.99. The van der Waals surface area contributed by atoms with Crippen LogP contribution in [0.25, 0.3) is 0 Å². The molecule has 5 heteroatoms. The van der Waals surface area contributed by atoms with Gasteiger partial charge in [-0.1, -0.05) is 12.1 Å². The second-order valence-electron chi connectivity index (χ2n) is 4.69. The maximum atomic E-state index is 12.3. The average molecular weight is 301 g/mol. The molecule has 0 aliphatic rings. The Balaban J connectivity index is 2.19. The number of anilines is 1. The number of ether oxygens (including phenoxy) is 3. The zero-order chi connectivity index (χ0) is 15.9. The zero-order valence-corrected chi connectivity index (χ0v) is 12.9. The molecule has 0 saturated carbocycles. The van der Waals surface area contributed by atoms with Crippen molar-refractivity contribution in [2.45, 2.75) is 6.61 Å². The van der Waals surface area contributed by atoms with E-state index in [1.54, 1.807) is 51.7 Å². The van der Waals surface area contributed by atoms with Crippen LogP contribution in [-0.4, -0.2) is 27.2 Å². The van der Waals surface area contributed by atoms with E-state index in [-0.39, 0.29) is 5.91 Å². The van der Waals surface area contributed by atoms with Gasteiger partial charge in [-0.25, -0.2) is 0 Å². The number of carbonyl (C=O) groups is 1. The number of hydrogen-bond donors (Lipinski definition) is 1. The van der Waals surface area contributed by atoms with Crippen molar-refractivity contribution in [2.24, 2.45) is 0 Å². The lowest BCUT2D eigenvalue weighted by Gasteiger charge is -2.10. The molecule has 0 aromatic heterocycles. The number of methoxy groups -OCH3 is 3. The van der Waals surface area contributed by atoms with Gasteiger partial charge in [-0.2, -0.15) is 0 Å². The standard InChI is InChI=1S/C17H19NO4/c1-20-11-12-5-4-6-13(7-12)17(19)18-14-8-15(21-2)10-16(9-14)22-3/h4-10H,11H2,1-3H3,(H,18,19). The molecule has 0 bridgehead atoms. The van der Waals surface area contributed by atoms with Crippen molar-refractivity contribution in [3.8, 4) is 11.5 Å². The molecule has 0 fully saturated rings. The SMILES string of the molecule is COCc1cccc(C(=O)Nc2cc(OC)cc(OC)c2)c1. The summed E-state index contributed by atoms with van der Waals surface area (Å²) >= 11 is 0. The van der Waals surface area contributed by atoms with Gasteiger partial charge in [0.2, 0.25) is 0 Å². The topological polar surface area (TPSA) is 56.8 Å². The third-order valence-corrected chi connectivity index (χ3v) is 3.11. The van der Waals surface area contributed by atoms with Gasteiger partial charge in [-0.3, -0.25) is 4.79 Å². The highest BCUT2D eigenvalue weighted by Crippen LogP contribution is 2.26. The van der Waals surface area contributed by atoms with E-state index >= 15 is 0 Å². The van der Waals surface area contributed by atoms with E-state index in [0.29, 0.717) is 29.4 Å².